The number of hydrogen-bond donors (Lipinski definition) is 1. The Labute approximate surface area is 109 Å². The van der Waals surface area contributed by atoms with Gasteiger partial charge in [-0.1, -0.05) is 30.0 Å². The van der Waals surface area contributed by atoms with Gasteiger partial charge < -0.3 is 5.73 Å². The topological polar surface area (TPSA) is 86.5 Å². The quantitative estimate of drug-likeness (QED) is 0.887. The third-order valence-corrected chi connectivity index (χ3v) is 3.23. The van der Waals surface area contributed by atoms with E-state index in [9.17, 15) is 0 Å². The SMILES string of the molecule is N#Cc1cc(C#N)c(Sc2ccccc2)nc1N. The van der Waals surface area contributed by atoms with E-state index in [-0.39, 0.29) is 11.4 Å². The molecular formula is C13H8N4S. The molecule has 0 aliphatic rings. The van der Waals surface area contributed by atoms with Gasteiger partial charge in [0.15, 0.2) is 0 Å². The molecule has 1 aromatic heterocycles. The van der Waals surface area contributed by atoms with Crippen molar-refractivity contribution < 1.29 is 0 Å². The fourth-order valence-corrected chi connectivity index (χ4v) is 2.23. The van der Waals surface area contributed by atoms with Gasteiger partial charge in [0.2, 0.25) is 0 Å². The van der Waals surface area contributed by atoms with Crippen LogP contribution in [-0.2, 0) is 0 Å². The van der Waals surface area contributed by atoms with Crippen LogP contribution >= 0.6 is 11.8 Å². The minimum absolute atomic E-state index is 0.148. The summed E-state index contributed by atoms with van der Waals surface area (Å²) in [5.74, 6) is 0.148. The average molecular weight is 252 g/mol. The molecule has 2 N–H and O–H groups in total. The van der Waals surface area contributed by atoms with Crippen molar-refractivity contribution in [1.82, 2.24) is 4.98 Å². The molecule has 1 aromatic carbocycles. The lowest BCUT2D eigenvalue weighted by molar-refractivity contribution is 1.11. The van der Waals surface area contributed by atoms with Crippen molar-refractivity contribution in [2.24, 2.45) is 0 Å². The molecule has 0 saturated carbocycles. The van der Waals surface area contributed by atoms with Crippen molar-refractivity contribution in [2.45, 2.75) is 9.92 Å². The number of aromatic nitrogens is 1. The summed E-state index contributed by atoms with van der Waals surface area (Å²) in [4.78, 5) is 5.07. The Balaban J connectivity index is 2.43. The van der Waals surface area contributed by atoms with Crippen molar-refractivity contribution in [3.05, 3.63) is 47.5 Å². The monoisotopic (exact) mass is 252 g/mol. The van der Waals surface area contributed by atoms with E-state index >= 15 is 0 Å². The first-order valence-electron chi connectivity index (χ1n) is 5.08. The normalized spacial score (nSPS) is 9.44. The van der Waals surface area contributed by atoms with Crippen molar-refractivity contribution >= 4 is 17.6 Å². The van der Waals surface area contributed by atoms with Crippen LogP contribution in [0, 0.1) is 22.7 Å². The molecule has 0 atom stereocenters. The minimum atomic E-state index is 0.148. The highest BCUT2D eigenvalue weighted by Crippen LogP contribution is 2.30. The van der Waals surface area contributed by atoms with Crippen molar-refractivity contribution in [2.75, 3.05) is 5.73 Å². The molecule has 1 heterocycles. The molecule has 2 aromatic rings. The van der Waals surface area contributed by atoms with Gasteiger partial charge in [-0.25, -0.2) is 4.98 Å². The van der Waals surface area contributed by atoms with Crippen LogP contribution in [0.15, 0.2) is 46.3 Å². The van der Waals surface area contributed by atoms with Crippen LogP contribution in [0.2, 0.25) is 0 Å². The van der Waals surface area contributed by atoms with Gasteiger partial charge in [-0.3, -0.25) is 0 Å². The van der Waals surface area contributed by atoms with Crippen molar-refractivity contribution in [3.63, 3.8) is 0 Å². The molecule has 4 nitrogen and oxygen atoms in total. The second kappa shape index (κ2) is 5.22. The van der Waals surface area contributed by atoms with Crippen molar-refractivity contribution in [1.29, 1.82) is 10.5 Å². The Hall–Kier alpha value is -2.50. The Kier molecular flexibility index (Phi) is 3.47. The van der Waals surface area contributed by atoms with Gasteiger partial charge in [-0.2, -0.15) is 10.5 Å². The molecule has 0 radical (unpaired) electrons. The first kappa shape index (κ1) is 12.0. The third kappa shape index (κ3) is 2.42. The van der Waals surface area contributed by atoms with Crippen LogP contribution in [0.5, 0.6) is 0 Å². The molecule has 0 spiro atoms. The van der Waals surface area contributed by atoms with E-state index in [4.69, 9.17) is 16.3 Å². The van der Waals surface area contributed by atoms with E-state index in [0.29, 0.717) is 10.6 Å². The zero-order chi connectivity index (χ0) is 13.0. The summed E-state index contributed by atoms with van der Waals surface area (Å²) in [5, 5.41) is 18.4. The second-order valence-electron chi connectivity index (χ2n) is 3.41. The molecule has 2 rings (SSSR count). The predicted octanol–water partition coefficient (Wildman–Crippen LogP) is 2.56. The van der Waals surface area contributed by atoms with Gasteiger partial charge in [-0.15, -0.1) is 0 Å². The molecule has 0 bridgehead atoms. The standard InChI is InChI=1S/C13H8N4S/c14-7-9-6-10(8-15)13(17-12(9)16)18-11-4-2-1-3-5-11/h1-6H,(H2,16,17). The van der Waals surface area contributed by atoms with Gasteiger partial charge in [-0.05, 0) is 18.2 Å². The lowest BCUT2D eigenvalue weighted by Crippen LogP contribution is -1.98. The number of benzene rings is 1. The van der Waals surface area contributed by atoms with E-state index in [1.165, 1.54) is 17.8 Å². The van der Waals surface area contributed by atoms with Crippen LogP contribution in [0.1, 0.15) is 11.1 Å². The Morgan fingerprint density at radius 2 is 1.72 bits per heavy atom. The van der Waals surface area contributed by atoms with Crippen LogP contribution < -0.4 is 5.73 Å². The largest absolute Gasteiger partial charge is 0.383 e. The Bertz CT molecular complexity index is 653. The van der Waals surface area contributed by atoms with Crippen LogP contribution in [0.25, 0.3) is 0 Å². The number of nitrogen functional groups attached to an aromatic ring is 1. The summed E-state index contributed by atoms with van der Waals surface area (Å²) in [6.07, 6.45) is 0. The molecule has 18 heavy (non-hydrogen) atoms. The van der Waals surface area contributed by atoms with Gasteiger partial charge in [0.1, 0.15) is 23.0 Å². The molecule has 0 aliphatic heterocycles. The average Bonchev–Trinajstić information content (AvgIpc) is 2.40. The summed E-state index contributed by atoms with van der Waals surface area (Å²) in [6.45, 7) is 0. The smallest absolute Gasteiger partial charge is 0.142 e. The summed E-state index contributed by atoms with van der Waals surface area (Å²) in [7, 11) is 0. The summed E-state index contributed by atoms with van der Waals surface area (Å²) < 4.78 is 0. The predicted molar refractivity (Wildman–Crippen MR) is 68.6 cm³/mol. The number of rotatable bonds is 2. The molecule has 86 valence electrons. The van der Waals surface area contributed by atoms with E-state index in [2.05, 4.69) is 4.98 Å². The molecule has 0 amide bonds. The zero-order valence-corrected chi connectivity index (χ0v) is 10.1. The maximum atomic E-state index is 9.05. The number of nitrogens with zero attached hydrogens (tertiary/aromatic N) is 3. The lowest BCUT2D eigenvalue weighted by atomic mass is 10.2. The summed E-state index contributed by atoms with van der Waals surface area (Å²) in [5.41, 5.74) is 6.23. The number of hydrogen-bond acceptors (Lipinski definition) is 5. The fourth-order valence-electron chi connectivity index (χ4n) is 1.36. The highest BCUT2D eigenvalue weighted by atomic mass is 32.2. The van der Waals surface area contributed by atoms with Crippen LogP contribution in [0.4, 0.5) is 5.82 Å². The van der Waals surface area contributed by atoms with Gasteiger partial charge in [0, 0.05) is 4.90 Å². The van der Waals surface area contributed by atoms with E-state index in [1.54, 1.807) is 0 Å². The van der Waals surface area contributed by atoms with E-state index in [1.807, 2.05) is 42.5 Å². The summed E-state index contributed by atoms with van der Waals surface area (Å²) >= 11 is 1.35. The second-order valence-corrected chi connectivity index (χ2v) is 4.47. The van der Waals surface area contributed by atoms with Gasteiger partial charge in [0.25, 0.3) is 0 Å². The van der Waals surface area contributed by atoms with Crippen LogP contribution in [-0.4, -0.2) is 4.98 Å². The molecule has 0 fully saturated rings. The minimum Gasteiger partial charge on any atom is -0.383 e. The van der Waals surface area contributed by atoms with Crippen molar-refractivity contribution in [3.8, 4) is 12.1 Å². The maximum absolute atomic E-state index is 9.05. The van der Waals surface area contributed by atoms with Crippen LogP contribution in [0.3, 0.4) is 0 Å². The Morgan fingerprint density at radius 1 is 1.06 bits per heavy atom. The maximum Gasteiger partial charge on any atom is 0.142 e. The number of pyridine rings is 1. The van der Waals surface area contributed by atoms with E-state index < -0.39 is 0 Å². The molecular weight excluding hydrogens is 244 g/mol. The highest BCUT2D eigenvalue weighted by Gasteiger charge is 2.10. The first-order chi connectivity index (χ1) is 8.74. The number of nitrogens with two attached hydrogens (primary N) is 1. The fraction of sp³-hybridized carbons (Fsp3) is 0. The number of anilines is 1. The van der Waals surface area contributed by atoms with E-state index in [0.717, 1.165) is 4.90 Å². The van der Waals surface area contributed by atoms with Gasteiger partial charge in [0.05, 0.1) is 11.1 Å². The molecule has 5 heteroatoms. The lowest BCUT2D eigenvalue weighted by Gasteiger charge is -2.05. The Morgan fingerprint density at radius 3 is 2.33 bits per heavy atom. The first-order valence-corrected chi connectivity index (χ1v) is 5.90. The highest BCUT2D eigenvalue weighted by molar-refractivity contribution is 7.99. The molecule has 0 aliphatic carbocycles. The molecule has 0 saturated heterocycles. The zero-order valence-electron chi connectivity index (χ0n) is 9.29. The molecule has 0 unspecified atom stereocenters. The third-order valence-electron chi connectivity index (χ3n) is 2.22. The number of nitriles is 2. The summed E-state index contributed by atoms with van der Waals surface area (Å²) in [6, 6.07) is 15.0. The van der Waals surface area contributed by atoms with Gasteiger partial charge >= 0.3 is 0 Å².